The lowest BCUT2D eigenvalue weighted by molar-refractivity contribution is -0.382. The Morgan fingerprint density at radius 1 is 1.52 bits per heavy atom. The third kappa shape index (κ3) is 2.75. The summed E-state index contributed by atoms with van der Waals surface area (Å²) >= 11 is 0. The predicted molar refractivity (Wildman–Crippen MR) is 90.3 cm³/mol. The van der Waals surface area contributed by atoms with Gasteiger partial charge in [0.1, 0.15) is 22.6 Å². The molecule has 1 fully saturated rings. The van der Waals surface area contributed by atoms with Gasteiger partial charge < -0.3 is 19.8 Å². The molecule has 2 atom stereocenters. The number of esters is 1. The number of carbonyl (C=O) groups is 1. The fraction of sp³-hybridized carbons (Fsp3) is 0.375. The smallest absolute Gasteiger partial charge is 0.343 e. The first kappa shape index (κ1) is 18.5. The molecule has 0 bridgehead atoms. The lowest BCUT2D eigenvalue weighted by atomic mass is 10.1. The molecule has 0 spiro atoms. The van der Waals surface area contributed by atoms with Crippen LogP contribution in [0.2, 0.25) is 0 Å². The molecule has 27 heavy (non-hydrogen) atoms. The number of fused-ring (bicyclic) bond motifs is 1. The molecule has 1 aromatic carbocycles. The van der Waals surface area contributed by atoms with E-state index in [4.69, 9.17) is 15.2 Å². The summed E-state index contributed by atoms with van der Waals surface area (Å²) in [5.74, 6) is -2.82. The van der Waals surface area contributed by atoms with Gasteiger partial charge in [0.2, 0.25) is 5.43 Å². The fourth-order valence-corrected chi connectivity index (χ4v) is 2.98. The van der Waals surface area contributed by atoms with Crippen LogP contribution in [0.1, 0.15) is 29.7 Å². The molecule has 0 amide bonds. The van der Waals surface area contributed by atoms with E-state index in [0.717, 1.165) is 17.9 Å². The van der Waals surface area contributed by atoms with Crippen LogP contribution in [-0.4, -0.2) is 35.3 Å². The maximum Gasteiger partial charge on any atom is 0.343 e. The molecule has 1 aliphatic rings. The minimum atomic E-state index is -1.32. The van der Waals surface area contributed by atoms with E-state index in [1.54, 1.807) is 0 Å². The molecule has 0 unspecified atom stereocenters. The monoisotopic (exact) mass is 383 g/mol. The average Bonchev–Trinajstić information content (AvgIpc) is 3.33. The van der Waals surface area contributed by atoms with Gasteiger partial charge in [-0.15, -0.1) is 0 Å². The van der Waals surface area contributed by atoms with Crippen molar-refractivity contribution in [3.8, 4) is 5.75 Å². The number of benzene rings is 1. The van der Waals surface area contributed by atoms with Crippen molar-refractivity contribution < 1.29 is 28.0 Å². The third-order valence-corrected chi connectivity index (χ3v) is 4.30. The summed E-state index contributed by atoms with van der Waals surface area (Å²) in [6.45, 7) is 1.46. The highest BCUT2D eigenvalue weighted by molar-refractivity contribution is 6.02. The lowest BCUT2D eigenvalue weighted by Crippen LogP contribution is -2.23. The van der Waals surface area contributed by atoms with Crippen LogP contribution in [0.15, 0.2) is 11.0 Å². The molecule has 0 radical (unpaired) electrons. The quantitative estimate of drug-likeness (QED) is 0.362. The van der Waals surface area contributed by atoms with Crippen LogP contribution in [0.3, 0.4) is 0 Å². The number of carbonyl (C=O) groups excluding carboxylic acids is 1. The highest BCUT2D eigenvalue weighted by atomic mass is 19.1. The van der Waals surface area contributed by atoms with E-state index in [9.17, 15) is 28.5 Å². The van der Waals surface area contributed by atoms with Gasteiger partial charge in [-0.3, -0.25) is 14.9 Å². The summed E-state index contributed by atoms with van der Waals surface area (Å²) in [5.41, 5.74) is 1.64. The largest absolute Gasteiger partial charge is 0.491 e. The van der Waals surface area contributed by atoms with E-state index < -0.39 is 62.4 Å². The number of nitrogens with two attached hydrogens (primary N) is 1. The molecule has 1 aromatic heterocycles. The van der Waals surface area contributed by atoms with E-state index in [2.05, 4.69) is 0 Å². The second kappa shape index (κ2) is 6.49. The minimum Gasteiger partial charge on any atom is -0.491 e. The summed E-state index contributed by atoms with van der Waals surface area (Å²) in [7, 11) is 1.08. The van der Waals surface area contributed by atoms with Gasteiger partial charge in [-0.2, -0.15) is 0 Å². The molecule has 11 heteroatoms. The van der Waals surface area contributed by atoms with Crippen LogP contribution in [0, 0.1) is 15.9 Å². The second-order valence-corrected chi connectivity index (χ2v) is 5.91. The second-order valence-electron chi connectivity index (χ2n) is 5.91. The molecule has 144 valence electrons. The number of hydrogen-bond donors (Lipinski definition) is 1. The van der Waals surface area contributed by atoms with E-state index in [1.807, 2.05) is 0 Å². The van der Waals surface area contributed by atoms with Crippen molar-refractivity contribution in [1.29, 1.82) is 0 Å². The highest BCUT2D eigenvalue weighted by Crippen LogP contribution is 2.46. The molecule has 9 nitrogen and oxygen atoms in total. The maximum absolute atomic E-state index is 14.6. The van der Waals surface area contributed by atoms with Gasteiger partial charge in [-0.25, -0.2) is 13.6 Å². The Balaban J connectivity index is 2.55. The average molecular weight is 383 g/mol. The zero-order valence-electron chi connectivity index (χ0n) is 14.3. The molecular formula is C16H15F2N3O6. The van der Waals surface area contributed by atoms with Crippen molar-refractivity contribution in [3.63, 3.8) is 0 Å². The van der Waals surface area contributed by atoms with Crippen LogP contribution in [0.25, 0.3) is 10.9 Å². The Bertz CT molecular complexity index is 1040. The number of hydrogen-bond acceptors (Lipinski definition) is 7. The normalized spacial score (nSPS) is 18.4. The van der Waals surface area contributed by atoms with Gasteiger partial charge in [0.15, 0.2) is 17.3 Å². The topological polar surface area (TPSA) is 127 Å². The number of anilines is 1. The molecule has 3 rings (SSSR count). The van der Waals surface area contributed by atoms with Crippen LogP contribution in [0.4, 0.5) is 20.2 Å². The van der Waals surface area contributed by atoms with E-state index in [0.29, 0.717) is 0 Å². The van der Waals surface area contributed by atoms with Crippen molar-refractivity contribution in [2.24, 2.45) is 0 Å². The summed E-state index contributed by atoms with van der Waals surface area (Å²) in [6, 6.07) is -0.835. The van der Waals surface area contributed by atoms with Crippen LogP contribution < -0.4 is 15.9 Å². The molecule has 2 aromatic rings. The molecule has 2 N–H and O–H groups in total. The molecule has 0 saturated heterocycles. The first-order valence-corrected chi connectivity index (χ1v) is 7.93. The van der Waals surface area contributed by atoms with Crippen LogP contribution in [0.5, 0.6) is 5.75 Å². The Labute approximate surface area is 150 Å². The zero-order chi connectivity index (χ0) is 20.0. The number of ether oxygens (including phenoxy) is 2. The molecule has 1 aliphatic carbocycles. The number of pyridine rings is 1. The molecule has 0 aliphatic heterocycles. The van der Waals surface area contributed by atoms with Gasteiger partial charge in [0.05, 0.1) is 24.7 Å². The van der Waals surface area contributed by atoms with Gasteiger partial charge >= 0.3 is 11.7 Å². The van der Waals surface area contributed by atoms with Gasteiger partial charge in [-0.05, 0) is 6.92 Å². The number of methoxy groups -OCH3 is 1. The number of nitrogens with zero attached hydrogens (tertiary/aromatic N) is 2. The lowest BCUT2D eigenvalue weighted by Gasteiger charge is -2.17. The third-order valence-electron chi connectivity index (χ3n) is 4.30. The number of nitrogen functional groups attached to an aromatic ring is 1. The molecule has 1 saturated carbocycles. The predicted octanol–water partition coefficient (Wildman–Crippen LogP) is 2.10. The summed E-state index contributed by atoms with van der Waals surface area (Å²) in [5, 5.41) is 10.8. The number of halogens is 2. The summed E-state index contributed by atoms with van der Waals surface area (Å²) in [4.78, 5) is 35.4. The van der Waals surface area contributed by atoms with Crippen molar-refractivity contribution >= 4 is 28.2 Å². The minimum absolute atomic E-state index is 0.0309. The molecule has 1 heterocycles. The number of alkyl halides is 1. The summed E-state index contributed by atoms with van der Waals surface area (Å²) in [6.07, 6.45) is -0.284. The maximum atomic E-state index is 14.6. The van der Waals surface area contributed by atoms with Crippen LogP contribution >= 0.6 is 0 Å². The highest BCUT2D eigenvalue weighted by Gasteiger charge is 2.42. The Kier molecular flexibility index (Phi) is 4.46. The van der Waals surface area contributed by atoms with Crippen molar-refractivity contribution in [3.05, 3.63) is 37.9 Å². The van der Waals surface area contributed by atoms with Crippen LogP contribution in [-0.2, 0) is 4.74 Å². The molecular weight excluding hydrogens is 368 g/mol. The zero-order valence-corrected chi connectivity index (χ0v) is 14.3. The van der Waals surface area contributed by atoms with E-state index in [1.165, 1.54) is 6.92 Å². The first-order chi connectivity index (χ1) is 12.7. The van der Waals surface area contributed by atoms with E-state index >= 15 is 0 Å². The first-order valence-electron chi connectivity index (χ1n) is 7.93. The summed E-state index contributed by atoms with van der Waals surface area (Å²) < 4.78 is 39.2. The van der Waals surface area contributed by atoms with Gasteiger partial charge in [-0.1, -0.05) is 0 Å². The van der Waals surface area contributed by atoms with Gasteiger partial charge in [0, 0.05) is 12.6 Å². The van der Waals surface area contributed by atoms with Crippen molar-refractivity contribution in [2.45, 2.75) is 25.6 Å². The Hall–Kier alpha value is -3.24. The van der Waals surface area contributed by atoms with Crippen molar-refractivity contribution in [2.75, 3.05) is 19.5 Å². The Morgan fingerprint density at radius 3 is 2.63 bits per heavy atom. The number of nitro groups is 1. The van der Waals surface area contributed by atoms with Crippen molar-refractivity contribution in [1.82, 2.24) is 4.57 Å². The Morgan fingerprint density at radius 2 is 2.15 bits per heavy atom. The fourth-order valence-electron chi connectivity index (χ4n) is 2.98. The number of rotatable bonds is 5. The number of nitro benzene ring substituents is 1. The SMILES string of the molecule is CCOC(=O)c1cn([C@@H]2C[C@@H]2F)c2c(OC)c(F)c(N)c([N+](=O)[O-])c2c1=O. The number of aromatic nitrogens is 1. The van der Waals surface area contributed by atoms with E-state index in [-0.39, 0.29) is 18.5 Å². The van der Waals surface area contributed by atoms with Gasteiger partial charge in [0.25, 0.3) is 0 Å². The standard InChI is InChI=1S/C16H15F2N3O6/c1-3-27-16(23)6-5-20(8-4-7(8)17)13-9(14(6)22)12(21(24)25)11(19)10(18)15(13)26-2/h5,7-8H,3-4,19H2,1-2H3/t7-,8+/m0/s1.